The third kappa shape index (κ3) is 4.68. The van der Waals surface area contributed by atoms with Crippen LogP contribution in [0.2, 0.25) is 18.1 Å². The number of fused-ring (bicyclic) bond motifs is 3. The van der Waals surface area contributed by atoms with Gasteiger partial charge in [-0.2, -0.15) is 0 Å². The number of carbonyl (C=O) groups excluding carboxylic acids is 1. The monoisotopic (exact) mass is 481 g/mol. The summed E-state index contributed by atoms with van der Waals surface area (Å²) >= 11 is 0. The molecule has 1 N–H and O–H groups in total. The number of rotatable bonds is 4. The van der Waals surface area contributed by atoms with Gasteiger partial charge in [0, 0.05) is 16.7 Å². The van der Waals surface area contributed by atoms with Crippen LogP contribution >= 0.6 is 0 Å². The Hall–Kier alpha value is -1.97. The third-order valence-corrected chi connectivity index (χ3v) is 11.2. The molecule has 1 unspecified atom stereocenters. The zero-order valence-corrected chi connectivity index (χ0v) is 22.6. The first kappa shape index (κ1) is 25.6. The van der Waals surface area contributed by atoms with Crippen molar-refractivity contribution in [2.24, 2.45) is 0 Å². The van der Waals surface area contributed by atoms with Gasteiger partial charge in [-0.05, 0) is 45.8 Å². The fourth-order valence-corrected chi connectivity index (χ4v) is 5.37. The molecule has 0 saturated heterocycles. The number of aliphatic hydroxyl groups excluding tert-OH is 1. The van der Waals surface area contributed by atoms with E-state index in [0.717, 1.165) is 11.1 Å². The van der Waals surface area contributed by atoms with Gasteiger partial charge >= 0.3 is 6.09 Å². The van der Waals surface area contributed by atoms with Crippen LogP contribution < -0.4 is 14.2 Å². The Labute approximate surface area is 198 Å². The lowest BCUT2D eigenvalue weighted by atomic mass is 9.87. The highest BCUT2D eigenvalue weighted by Crippen LogP contribution is 2.55. The van der Waals surface area contributed by atoms with E-state index in [2.05, 4.69) is 33.9 Å². The van der Waals surface area contributed by atoms with Gasteiger partial charge in [0.1, 0.15) is 11.4 Å². The SMILES string of the molecule is COc1c(C)c2c(c3c1C(O[Si](C)(C)C(C)(C)C)CN(C(=O)OC(C)(C)C)[C@H]3CO)OCO2. The first-order valence-corrected chi connectivity index (χ1v) is 14.3. The van der Waals surface area contributed by atoms with E-state index in [1.54, 1.807) is 12.0 Å². The van der Waals surface area contributed by atoms with Crippen molar-refractivity contribution in [2.45, 2.75) is 84.3 Å². The molecule has 0 saturated carbocycles. The van der Waals surface area contributed by atoms with Gasteiger partial charge in [0.2, 0.25) is 6.79 Å². The van der Waals surface area contributed by atoms with Crippen LogP contribution in [0.25, 0.3) is 0 Å². The van der Waals surface area contributed by atoms with E-state index >= 15 is 0 Å². The summed E-state index contributed by atoms with van der Waals surface area (Å²) in [5.41, 5.74) is 1.60. The van der Waals surface area contributed by atoms with E-state index in [0.29, 0.717) is 22.8 Å². The fourth-order valence-electron chi connectivity index (χ4n) is 4.11. The minimum Gasteiger partial charge on any atom is -0.496 e. The molecule has 3 rings (SSSR count). The summed E-state index contributed by atoms with van der Waals surface area (Å²) in [7, 11) is -0.638. The number of ether oxygens (including phenoxy) is 4. The Morgan fingerprint density at radius 3 is 2.24 bits per heavy atom. The summed E-state index contributed by atoms with van der Waals surface area (Å²) in [6, 6.07) is -0.681. The highest BCUT2D eigenvalue weighted by atomic mass is 28.4. The fraction of sp³-hybridized carbons (Fsp3) is 0.708. The largest absolute Gasteiger partial charge is 0.496 e. The Morgan fingerprint density at radius 2 is 1.73 bits per heavy atom. The number of benzene rings is 1. The summed E-state index contributed by atoms with van der Waals surface area (Å²) in [6.45, 7) is 18.2. The maximum atomic E-state index is 13.3. The Kier molecular flexibility index (Phi) is 6.74. The van der Waals surface area contributed by atoms with Gasteiger partial charge in [-0.3, -0.25) is 4.90 Å². The van der Waals surface area contributed by atoms with Crippen LogP contribution in [-0.2, 0) is 9.16 Å². The third-order valence-electron chi connectivity index (χ3n) is 6.72. The summed E-state index contributed by atoms with van der Waals surface area (Å²) in [5.74, 6) is 1.74. The number of methoxy groups -OCH3 is 1. The van der Waals surface area contributed by atoms with E-state index in [4.69, 9.17) is 23.4 Å². The van der Waals surface area contributed by atoms with Crippen LogP contribution in [0.1, 0.15) is 70.4 Å². The lowest BCUT2D eigenvalue weighted by Gasteiger charge is -2.46. The van der Waals surface area contributed by atoms with Gasteiger partial charge in [-0.25, -0.2) is 4.79 Å². The Morgan fingerprint density at radius 1 is 1.12 bits per heavy atom. The van der Waals surface area contributed by atoms with Gasteiger partial charge < -0.3 is 28.5 Å². The quantitative estimate of drug-likeness (QED) is 0.600. The van der Waals surface area contributed by atoms with Crippen molar-refractivity contribution in [2.75, 3.05) is 27.1 Å². The van der Waals surface area contributed by atoms with Crippen LogP contribution in [0.4, 0.5) is 4.79 Å². The van der Waals surface area contributed by atoms with Crippen molar-refractivity contribution >= 4 is 14.4 Å². The van der Waals surface area contributed by atoms with Crippen molar-refractivity contribution in [3.05, 3.63) is 16.7 Å². The molecule has 0 aliphatic carbocycles. The molecule has 186 valence electrons. The molecule has 2 aliphatic rings. The van der Waals surface area contributed by atoms with Crippen molar-refractivity contribution < 1.29 is 33.3 Å². The molecule has 33 heavy (non-hydrogen) atoms. The first-order valence-electron chi connectivity index (χ1n) is 11.4. The molecular weight excluding hydrogens is 442 g/mol. The molecule has 9 heteroatoms. The van der Waals surface area contributed by atoms with Gasteiger partial charge in [0.05, 0.1) is 32.4 Å². The van der Waals surface area contributed by atoms with Crippen LogP contribution in [-0.4, -0.2) is 57.1 Å². The van der Waals surface area contributed by atoms with Gasteiger partial charge in [0.25, 0.3) is 0 Å². The number of amides is 1. The van der Waals surface area contributed by atoms with Crippen molar-refractivity contribution in [3.8, 4) is 17.2 Å². The van der Waals surface area contributed by atoms with E-state index < -0.39 is 32.2 Å². The number of nitrogens with zero attached hydrogens (tertiary/aromatic N) is 1. The normalized spacial score (nSPS) is 20.5. The molecule has 2 heterocycles. The maximum Gasteiger partial charge on any atom is 0.410 e. The van der Waals surface area contributed by atoms with Gasteiger partial charge in [-0.1, -0.05) is 20.8 Å². The van der Waals surface area contributed by atoms with Crippen LogP contribution in [0.3, 0.4) is 0 Å². The zero-order valence-electron chi connectivity index (χ0n) is 21.6. The Bertz CT molecular complexity index is 917. The average molecular weight is 482 g/mol. The van der Waals surface area contributed by atoms with E-state index in [-0.39, 0.29) is 25.0 Å². The predicted octanol–water partition coefficient (Wildman–Crippen LogP) is 5.08. The molecule has 8 nitrogen and oxygen atoms in total. The van der Waals surface area contributed by atoms with Crippen molar-refractivity contribution in [1.82, 2.24) is 4.90 Å². The van der Waals surface area contributed by atoms with Crippen LogP contribution in [0, 0.1) is 6.92 Å². The summed E-state index contributed by atoms with van der Waals surface area (Å²) in [5, 5.41) is 10.4. The highest BCUT2D eigenvalue weighted by Gasteiger charge is 2.48. The van der Waals surface area contributed by atoms with Gasteiger partial charge in [-0.15, -0.1) is 0 Å². The Balaban J connectivity index is 2.23. The molecule has 0 bridgehead atoms. The summed E-state index contributed by atoms with van der Waals surface area (Å²) < 4.78 is 30.0. The second-order valence-corrected chi connectivity index (χ2v) is 16.0. The highest BCUT2D eigenvalue weighted by molar-refractivity contribution is 6.74. The standard InChI is InChI=1S/C24H39NO7Si/c1-14-19(28-8)18-16(32-33(9,10)24(5,6)7)11-25(22(27)31-23(2,3)4)15(12-26)17(18)21-20(14)29-13-30-21/h15-16,26H,11-13H2,1-10H3/t15-,16?/m0/s1. The second kappa shape index (κ2) is 8.67. The zero-order chi connectivity index (χ0) is 24.9. The minimum atomic E-state index is -2.25. The van der Waals surface area contributed by atoms with Gasteiger partial charge in [0.15, 0.2) is 19.8 Å². The summed E-state index contributed by atoms with van der Waals surface area (Å²) in [4.78, 5) is 14.8. The van der Waals surface area contributed by atoms with Crippen molar-refractivity contribution in [1.29, 1.82) is 0 Å². The molecule has 1 aromatic carbocycles. The number of hydrogen-bond donors (Lipinski definition) is 1. The number of carbonyl (C=O) groups is 1. The lowest BCUT2D eigenvalue weighted by Crippen LogP contribution is -2.50. The number of hydrogen-bond acceptors (Lipinski definition) is 7. The molecule has 2 aliphatic heterocycles. The van der Waals surface area contributed by atoms with Crippen molar-refractivity contribution in [3.63, 3.8) is 0 Å². The summed E-state index contributed by atoms with van der Waals surface area (Å²) in [6.07, 6.45) is -0.984. The molecule has 0 fully saturated rings. The second-order valence-electron chi connectivity index (χ2n) is 11.2. The molecule has 0 aromatic heterocycles. The van der Waals surface area contributed by atoms with E-state index in [1.165, 1.54) is 0 Å². The molecule has 1 amide bonds. The van der Waals surface area contributed by atoms with E-state index in [1.807, 2.05) is 27.7 Å². The maximum absolute atomic E-state index is 13.3. The number of aliphatic hydroxyl groups is 1. The molecule has 2 atom stereocenters. The molecule has 0 radical (unpaired) electrons. The molecule has 1 aromatic rings. The topological polar surface area (TPSA) is 86.7 Å². The van der Waals surface area contributed by atoms with E-state index in [9.17, 15) is 9.90 Å². The molecular formula is C24H39NO7Si. The lowest BCUT2D eigenvalue weighted by molar-refractivity contribution is -0.0101. The van der Waals surface area contributed by atoms with Crippen LogP contribution in [0.5, 0.6) is 17.2 Å². The minimum absolute atomic E-state index is 0.0453. The smallest absolute Gasteiger partial charge is 0.410 e. The predicted molar refractivity (Wildman–Crippen MR) is 128 cm³/mol. The average Bonchev–Trinajstić information content (AvgIpc) is 3.16. The van der Waals surface area contributed by atoms with Crippen LogP contribution in [0.15, 0.2) is 0 Å². The first-order chi connectivity index (χ1) is 15.1. The molecule has 0 spiro atoms.